The molecule has 1 aliphatic rings. The van der Waals surface area contributed by atoms with E-state index < -0.39 is 11.9 Å². The molecule has 2 amide bonds. The standard InChI is InChI=1S/C20H26N2O6/c1-2-27-19(25)6-3-11-21-17(23)14-28-20(26)13-15-7-9-16(10-8-15)22-12-4-5-18(22)24/h7-10H,2-6,11-14H2,1H3,(H,21,23). The zero-order valence-electron chi connectivity index (χ0n) is 16.1. The Morgan fingerprint density at radius 2 is 1.86 bits per heavy atom. The number of amides is 2. The number of hydrogen-bond donors (Lipinski definition) is 1. The summed E-state index contributed by atoms with van der Waals surface area (Å²) in [6.45, 7) is 2.73. The molecule has 1 saturated heterocycles. The maximum absolute atomic E-state index is 11.9. The van der Waals surface area contributed by atoms with Gasteiger partial charge in [-0.15, -0.1) is 0 Å². The zero-order valence-corrected chi connectivity index (χ0v) is 16.1. The van der Waals surface area contributed by atoms with Crippen molar-refractivity contribution in [3.63, 3.8) is 0 Å². The first-order valence-corrected chi connectivity index (χ1v) is 9.47. The maximum atomic E-state index is 11.9. The van der Waals surface area contributed by atoms with Gasteiger partial charge in [-0.2, -0.15) is 0 Å². The summed E-state index contributed by atoms with van der Waals surface area (Å²) in [5.74, 6) is -1.12. The van der Waals surface area contributed by atoms with E-state index in [1.54, 1.807) is 24.0 Å². The van der Waals surface area contributed by atoms with Gasteiger partial charge in [-0.3, -0.25) is 19.2 Å². The Kier molecular flexibility index (Phi) is 8.45. The van der Waals surface area contributed by atoms with Crippen molar-refractivity contribution in [3.8, 4) is 0 Å². The third kappa shape index (κ3) is 7.02. The Morgan fingerprint density at radius 3 is 2.50 bits per heavy atom. The molecule has 1 heterocycles. The minimum absolute atomic E-state index is 0.0460. The number of carbonyl (C=O) groups excluding carboxylic acids is 4. The summed E-state index contributed by atoms with van der Waals surface area (Å²) in [5.41, 5.74) is 1.57. The smallest absolute Gasteiger partial charge is 0.310 e. The summed E-state index contributed by atoms with van der Waals surface area (Å²) in [5, 5.41) is 2.58. The predicted molar refractivity (Wildman–Crippen MR) is 102 cm³/mol. The summed E-state index contributed by atoms with van der Waals surface area (Å²) in [4.78, 5) is 48.2. The molecule has 0 spiro atoms. The number of anilines is 1. The van der Waals surface area contributed by atoms with Crippen molar-refractivity contribution in [2.24, 2.45) is 0 Å². The van der Waals surface area contributed by atoms with Crippen LogP contribution in [-0.2, 0) is 35.1 Å². The van der Waals surface area contributed by atoms with Crippen molar-refractivity contribution >= 4 is 29.4 Å². The van der Waals surface area contributed by atoms with Crippen LogP contribution >= 0.6 is 0 Å². The second-order valence-electron chi connectivity index (χ2n) is 6.41. The molecule has 0 aromatic heterocycles. The molecule has 0 aliphatic carbocycles. The van der Waals surface area contributed by atoms with Gasteiger partial charge in [0.05, 0.1) is 13.0 Å². The number of nitrogens with zero attached hydrogens (tertiary/aromatic N) is 1. The number of hydrogen-bond acceptors (Lipinski definition) is 6. The van der Waals surface area contributed by atoms with Gasteiger partial charge < -0.3 is 19.7 Å². The molecular weight excluding hydrogens is 364 g/mol. The van der Waals surface area contributed by atoms with Crippen LogP contribution in [0.3, 0.4) is 0 Å². The van der Waals surface area contributed by atoms with Crippen LogP contribution in [0, 0.1) is 0 Å². The predicted octanol–water partition coefficient (Wildman–Crippen LogP) is 1.36. The van der Waals surface area contributed by atoms with E-state index >= 15 is 0 Å². The Labute approximate surface area is 164 Å². The Bertz CT molecular complexity index is 701. The molecule has 2 rings (SSSR count). The van der Waals surface area contributed by atoms with Crippen molar-refractivity contribution in [1.82, 2.24) is 5.32 Å². The normalized spacial score (nSPS) is 13.3. The van der Waals surface area contributed by atoms with Crippen molar-refractivity contribution < 1.29 is 28.7 Å². The molecule has 0 radical (unpaired) electrons. The third-order valence-corrected chi connectivity index (χ3v) is 4.22. The summed E-state index contributed by atoms with van der Waals surface area (Å²) < 4.78 is 9.75. The lowest BCUT2D eigenvalue weighted by molar-refractivity contribution is -0.147. The van der Waals surface area contributed by atoms with Crippen LogP contribution in [0.15, 0.2) is 24.3 Å². The molecule has 1 fully saturated rings. The van der Waals surface area contributed by atoms with Crippen LogP contribution in [0.5, 0.6) is 0 Å². The molecule has 0 saturated carbocycles. The van der Waals surface area contributed by atoms with Crippen molar-refractivity contribution in [2.75, 3.05) is 31.2 Å². The van der Waals surface area contributed by atoms with E-state index in [-0.39, 0.29) is 31.3 Å². The summed E-state index contributed by atoms with van der Waals surface area (Å²) in [7, 11) is 0. The number of esters is 2. The molecular formula is C20H26N2O6. The molecule has 1 aliphatic heterocycles. The fraction of sp³-hybridized carbons (Fsp3) is 0.500. The van der Waals surface area contributed by atoms with E-state index in [0.717, 1.165) is 24.2 Å². The van der Waals surface area contributed by atoms with Crippen molar-refractivity contribution in [1.29, 1.82) is 0 Å². The fourth-order valence-electron chi connectivity index (χ4n) is 2.82. The second-order valence-corrected chi connectivity index (χ2v) is 6.41. The molecule has 28 heavy (non-hydrogen) atoms. The largest absolute Gasteiger partial charge is 0.466 e. The van der Waals surface area contributed by atoms with Gasteiger partial charge >= 0.3 is 11.9 Å². The Balaban J connectivity index is 1.64. The van der Waals surface area contributed by atoms with Gasteiger partial charge in [-0.05, 0) is 37.5 Å². The average molecular weight is 390 g/mol. The topological polar surface area (TPSA) is 102 Å². The molecule has 152 valence electrons. The first kappa shape index (κ1) is 21.4. The Morgan fingerprint density at radius 1 is 1.11 bits per heavy atom. The Hall–Kier alpha value is -2.90. The van der Waals surface area contributed by atoms with Crippen LogP contribution in [0.25, 0.3) is 0 Å². The number of ether oxygens (including phenoxy) is 2. The van der Waals surface area contributed by atoms with Crippen molar-refractivity contribution in [2.45, 2.75) is 39.0 Å². The monoisotopic (exact) mass is 390 g/mol. The van der Waals surface area contributed by atoms with E-state index in [0.29, 0.717) is 26.0 Å². The maximum Gasteiger partial charge on any atom is 0.310 e. The van der Waals surface area contributed by atoms with Gasteiger partial charge in [0.2, 0.25) is 5.91 Å². The fourth-order valence-corrected chi connectivity index (χ4v) is 2.82. The lowest BCUT2D eigenvalue weighted by Gasteiger charge is -2.15. The van der Waals surface area contributed by atoms with E-state index in [4.69, 9.17) is 9.47 Å². The summed E-state index contributed by atoms with van der Waals surface area (Å²) in [6.07, 6.45) is 2.17. The van der Waals surface area contributed by atoms with E-state index in [9.17, 15) is 19.2 Å². The van der Waals surface area contributed by atoms with Crippen LogP contribution < -0.4 is 10.2 Å². The molecule has 8 heteroatoms. The SMILES string of the molecule is CCOC(=O)CCCNC(=O)COC(=O)Cc1ccc(N2CCCC2=O)cc1. The van der Waals surface area contributed by atoms with Crippen LogP contribution in [0.2, 0.25) is 0 Å². The van der Waals surface area contributed by atoms with Gasteiger partial charge in [0.25, 0.3) is 5.91 Å². The van der Waals surface area contributed by atoms with E-state index in [1.165, 1.54) is 0 Å². The molecule has 8 nitrogen and oxygen atoms in total. The van der Waals surface area contributed by atoms with Gasteiger partial charge in [-0.25, -0.2) is 0 Å². The van der Waals surface area contributed by atoms with Crippen LogP contribution in [0.4, 0.5) is 5.69 Å². The third-order valence-electron chi connectivity index (χ3n) is 4.22. The molecule has 1 N–H and O–H groups in total. The summed E-state index contributed by atoms with van der Waals surface area (Å²) >= 11 is 0. The molecule has 1 aromatic carbocycles. The lowest BCUT2D eigenvalue weighted by atomic mass is 10.1. The minimum Gasteiger partial charge on any atom is -0.466 e. The summed E-state index contributed by atoms with van der Waals surface area (Å²) in [6, 6.07) is 7.17. The first-order valence-electron chi connectivity index (χ1n) is 9.47. The molecule has 0 unspecified atom stereocenters. The van der Waals surface area contributed by atoms with Gasteiger partial charge in [-0.1, -0.05) is 12.1 Å². The number of benzene rings is 1. The number of carbonyl (C=O) groups is 4. The second kappa shape index (κ2) is 11.1. The average Bonchev–Trinajstić information content (AvgIpc) is 3.10. The van der Waals surface area contributed by atoms with Gasteiger partial charge in [0.15, 0.2) is 6.61 Å². The molecule has 0 atom stereocenters. The number of nitrogens with one attached hydrogen (secondary N) is 1. The highest BCUT2D eigenvalue weighted by molar-refractivity contribution is 5.95. The molecule has 1 aromatic rings. The highest BCUT2D eigenvalue weighted by atomic mass is 16.5. The zero-order chi connectivity index (χ0) is 20.4. The highest BCUT2D eigenvalue weighted by Crippen LogP contribution is 2.21. The highest BCUT2D eigenvalue weighted by Gasteiger charge is 2.21. The van der Waals surface area contributed by atoms with Gasteiger partial charge in [0, 0.05) is 31.6 Å². The van der Waals surface area contributed by atoms with E-state index in [1.807, 2.05) is 12.1 Å². The minimum atomic E-state index is -0.508. The number of rotatable bonds is 10. The first-order chi connectivity index (χ1) is 13.5. The molecule has 0 bridgehead atoms. The van der Waals surface area contributed by atoms with Crippen molar-refractivity contribution in [3.05, 3.63) is 29.8 Å². The van der Waals surface area contributed by atoms with Crippen LogP contribution in [-0.4, -0.2) is 50.1 Å². The quantitative estimate of drug-likeness (QED) is 0.478. The lowest BCUT2D eigenvalue weighted by Crippen LogP contribution is -2.30. The van der Waals surface area contributed by atoms with E-state index in [2.05, 4.69) is 5.32 Å². The van der Waals surface area contributed by atoms with Gasteiger partial charge in [0.1, 0.15) is 0 Å². The van der Waals surface area contributed by atoms with Crippen LogP contribution in [0.1, 0.15) is 38.2 Å².